The summed E-state index contributed by atoms with van der Waals surface area (Å²) < 4.78 is 77.3. The van der Waals surface area contributed by atoms with Crippen LogP contribution in [0.2, 0.25) is 0 Å². The van der Waals surface area contributed by atoms with E-state index in [1.165, 1.54) is 6.92 Å². The molecule has 2 aromatic rings. The van der Waals surface area contributed by atoms with E-state index in [4.69, 9.17) is 56.8 Å². The predicted molar refractivity (Wildman–Crippen MR) is 300 cm³/mol. The highest BCUT2D eigenvalue weighted by atomic mass is 16.8. The summed E-state index contributed by atoms with van der Waals surface area (Å²) in [7, 11) is 7.31. The summed E-state index contributed by atoms with van der Waals surface area (Å²) in [6.07, 6.45) is -5.20. The largest absolute Gasteiger partial charge is 0.509 e. The third-order valence-electron chi connectivity index (χ3n) is 17.2. The van der Waals surface area contributed by atoms with Gasteiger partial charge in [-0.2, -0.15) is 0 Å². The van der Waals surface area contributed by atoms with Crippen molar-refractivity contribution in [1.29, 1.82) is 0 Å². The molecule has 1 aromatic heterocycles. The molecule has 1 N–H and O–H groups in total. The lowest BCUT2D eigenvalue weighted by Gasteiger charge is -2.49. The Morgan fingerprint density at radius 1 is 0.901 bits per heavy atom. The molecule has 458 valence electrons. The van der Waals surface area contributed by atoms with Gasteiger partial charge in [-0.05, 0) is 139 Å². The minimum Gasteiger partial charge on any atom is -0.462 e. The van der Waals surface area contributed by atoms with E-state index >= 15 is 0 Å². The normalized spacial score (nSPS) is 36.5. The molecule has 6 rings (SSSR count). The quantitative estimate of drug-likeness (QED) is 0.0863. The highest BCUT2D eigenvalue weighted by Crippen LogP contribution is 2.43. The molecule has 0 saturated carbocycles. The van der Waals surface area contributed by atoms with Crippen molar-refractivity contribution in [2.45, 2.75) is 225 Å². The maximum atomic E-state index is 14.9. The fraction of sp³-hybridized carbons (Fsp3) is 0.783. The molecule has 81 heavy (non-hydrogen) atoms. The Balaban J connectivity index is 1.23. The van der Waals surface area contributed by atoms with Gasteiger partial charge in [0.05, 0.1) is 72.9 Å². The number of hydrogen-bond donors (Lipinski definition) is 1. The predicted octanol–water partition coefficient (Wildman–Crippen LogP) is 6.84. The van der Waals surface area contributed by atoms with Gasteiger partial charge in [0.15, 0.2) is 30.4 Å². The molecule has 21 nitrogen and oxygen atoms in total. The molecule has 4 saturated heterocycles. The number of rotatable bonds is 19. The average Bonchev–Trinajstić information content (AvgIpc) is 3.90. The molecule has 0 spiro atoms. The summed E-state index contributed by atoms with van der Waals surface area (Å²) in [5.74, 6) is -3.85. The van der Waals surface area contributed by atoms with Gasteiger partial charge in [0.1, 0.15) is 17.8 Å². The Bertz CT molecular complexity index is 2510. The minimum absolute atomic E-state index is 0.0129. The van der Waals surface area contributed by atoms with E-state index in [1.54, 1.807) is 41.0 Å². The Labute approximate surface area is 479 Å². The van der Waals surface area contributed by atoms with E-state index in [2.05, 4.69) is 0 Å². The fourth-order valence-corrected chi connectivity index (χ4v) is 12.9. The van der Waals surface area contributed by atoms with E-state index in [9.17, 15) is 29.1 Å². The lowest BCUT2D eigenvalue weighted by molar-refractivity contribution is -0.321. The van der Waals surface area contributed by atoms with Gasteiger partial charge in [-0.25, -0.2) is 9.59 Å². The number of nitrogens with zero attached hydrogens (tertiary/aromatic N) is 3. The monoisotopic (exact) mass is 1150 g/mol. The molecule has 0 bridgehead atoms. The van der Waals surface area contributed by atoms with Crippen molar-refractivity contribution in [2.75, 3.05) is 61.2 Å². The van der Waals surface area contributed by atoms with Crippen LogP contribution in [0.4, 0.5) is 4.79 Å². The number of pyridine rings is 1. The number of hydrogen-bond acceptors (Lipinski definition) is 20. The third kappa shape index (κ3) is 15.3. The van der Waals surface area contributed by atoms with Crippen LogP contribution in [0.3, 0.4) is 0 Å². The molecule has 18 atom stereocenters. The standard InChI is InChI=1S/C60H95N3O18/c1-18-46-60(13)52(80-57(68)81-60)38(8)62(16)32-34(4)30-58(11,69)51(79-56-50(76-40(10)64)45(61(14)15)28-35(5)74-56)36(6)49(37(7)54(66)77-46)78-47-31-59(12,70-17)53(39(9)75-47)73-27-26-71-25-21-22-41-23-24-44-42(29-41)48(65)43(33-63(44)19-2)55(67)72-20-3/h23-24,29,33-39,45-47,49-53,56,69H,18-22,25-28,30-32H2,1-17H3/t34-,35-,36+,37-,38-,39+,45+,46-,47+,49+,50-,51-,52+,53+,56+,58-,59-,60-/m1/s1. The van der Waals surface area contributed by atoms with E-state index in [-0.39, 0.29) is 68.1 Å². The lowest BCUT2D eigenvalue weighted by Crippen LogP contribution is -2.61. The molecular formula is C60H95N3O18. The number of aryl methyl sites for hydroxylation is 2. The molecule has 0 unspecified atom stereocenters. The molecule has 4 aliphatic heterocycles. The molecule has 0 aliphatic carbocycles. The van der Waals surface area contributed by atoms with Gasteiger partial charge in [0, 0.05) is 63.7 Å². The molecular weight excluding hydrogens is 1050 g/mol. The number of esters is 3. The van der Waals surface area contributed by atoms with Crippen molar-refractivity contribution in [2.24, 2.45) is 17.8 Å². The SMILES string of the molecule is CCOC(=O)c1cn(CC)c2ccc(CCCOCCO[C@H]3[C@H](C)O[C@@H](O[C@H]4[C@H](C)[C@@H](O[C@@H]5O[C@H](C)C[C@H](N(C)C)[C@H]5OC(C)=O)[C@](C)(O)C[C@@H](C)CN(C)[C@H](C)[C@@H]5OC(=O)O[C@]5(C)[C@@H](CC)OC(=O)[C@@H]4C)C[C@@]3(C)OC)cc2c1=O. The second kappa shape index (κ2) is 28.1. The van der Waals surface area contributed by atoms with Crippen LogP contribution in [0.15, 0.2) is 29.2 Å². The maximum absolute atomic E-state index is 14.9. The minimum atomic E-state index is -1.63. The maximum Gasteiger partial charge on any atom is 0.509 e. The number of aromatic nitrogens is 1. The van der Waals surface area contributed by atoms with Crippen molar-refractivity contribution < 1.29 is 81.1 Å². The summed E-state index contributed by atoms with van der Waals surface area (Å²) in [4.78, 5) is 70.7. The second-order valence-electron chi connectivity index (χ2n) is 23.9. The number of aliphatic hydroxyl groups is 1. The van der Waals surface area contributed by atoms with Crippen molar-refractivity contribution in [3.63, 3.8) is 0 Å². The summed E-state index contributed by atoms with van der Waals surface area (Å²) in [5, 5.41) is 13.5. The summed E-state index contributed by atoms with van der Waals surface area (Å²) >= 11 is 0. The molecule has 21 heteroatoms. The number of methoxy groups -OCH3 is 1. The van der Waals surface area contributed by atoms with Gasteiger partial charge in [-0.3, -0.25) is 19.3 Å². The highest BCUT2D eigenvalue weighted by molar-refractivity contribution is 5.94. The summed E-state index contributed by atoms with van der Waals surface area (Å²) in [6, 6.07) is 5.04. The second-order valence-corrected chi connectivity index (χ2v) is 23.9. The topological polar surface area (TPSA) is 228 Å². The number of cyclic esters (lactones) is 1. The summed E-state index contributed by atoms with van der Waals surface area (Å²) in [6.45, 7) is 25.6. The van der Waals surface area contributed by atoms with Crippen LogP contribution in [0.25, 0.3) is 10.9 Å². The van der Waals surface area contributed by atoms with Crippen molar-refractivity contribution in [3.8, 4) is 0 Å². The van der Waals surface area contributed by atoms with Crippen molar-refractivity contribution in [3.05, 3.63) is 45.7 Å². The third-order valence-corrected chi connectivity index (χ3v) is 17.2. The van der Waals surface area contributed by atoms with Crippen molar-refractivity contribution >= 4 is 35.0 Å². The van der Waals surface area contributed by atoms with Crippen LogP contribution in [0, 0.1) is 17.8 Å². The van der Waals surface area contributed by atoms with E-state index < -0.39 is 114 Å². The van der Waals surface area contributed by atoms with E-state index in [1.807, 2.05) is 109 Å². The van der Waals surface area contributed by atoms with Gasteiger partial charge in [0.2, 0.25) is 5.43 Å². The Hall–Kier alpha value is -4.29. The molecule has 1 aromatic carbocycles. The zero-order chi connectivity index (χ0) is 59.9. The van der Waals surface area contributed by atoms with Crippen LogP contribution >= 0.6 is 0 Å². The smallest absolute Gasteiger partial charge is 0.462 e. The van der Waals surface area contributed by atoms with Gasteiger partial charge < -0.3 is 71.4 Å². The number of fused-ring (bicyclic) bond motifs is 2. The summed E-state index contributed by atoms with van der Waals surface area (Å²) in [5.41, 5.74) is -2.62. The Morgan fingerprint density at radius 3 is 2.26 bits per heavy atom. The Morgan fingerprint density at radius 2 is 1.62 bits per heavy atom. The Kier molecular flexibility index (Phi) is 22.8. The van der Waals surface area contributed by atoms with Crippen LogP contribution < -0.4 is 5.43 Å². The average molecular weight is 1150 g/mol. The first kappa shape index (κ1) is 65.9. The molecule has 4 aliphatic rings. The van der Waals surface area contributed by atoms with Crippen molar-refractivity contribution in [1.82, 2.24) is 14.4 Å². The van der Waals surface area contributed by atoms with E-state index in [0.717, 1.165) is 11.1 Å². The number of ether oxygens (including phenoxy) is 12. The number of benzene rings is 1. The lowest BCUT2D eigenvalue weighted by atomic mass is 9.77. The molecule has 0 amide bonds. The van der Waals surface area contributed by atoms with Gasteiger partial charge in [-0.1, -0.05) is 26.8 Å². The number of carbonyl (C=O) groups excluding carboxylic acids is 4. The molecule has 4 fully saturated rings. The first-order valence-electron chi connectivity index (χ1n) is 29.2. The van der Waals surface area contributed by atoms with Crippen LogP contribution in [0.1, 0.15) is 138 Å². The zero-order valence-electron chi connectivity index (χ0n) is 51.2. The fourth-order valence-electron chi connectivity index (χ4n) is 12.9. The molecule has 5 heterocycles. The van der Waals surface area contributed by atoms with Gasteiger partial charge in [0.25, 0.3) is 0 Å². The first-order valence-corrected chi connectivity index (χ1v) is 29.2. The van der Waals surface area contributed by atoms with Gasteiger partial charge in [-0.15, -0.1) is 0 Å². The van der Waals surface area contributed by atoms with Crippen LogP contribution in [-0.4, -0.2) is 195 Å². The molecule has 0 radical (unpaired) electrons. The van der Waals surface area contributed by atoms with Crippen LogP contribution in [-0.2, 0) is 79.4 Å². The zero-order valence-corrected chi connectivity index (χ0v) is 51.2. The highest BCUT2D eigenvalue weighted by Gasteiger charge is 2.58. The van der Waals surface area contributed by atoms with Gasteiger partial charge >= 0.3 is 24.1 Å². The first-order chi connectivity index (χ1) is 38.1. The number of likely N-dealkylation sites (N-methyl/N-ethyl adjacent to an activating group) is 2. The number of carbonyl (C=O) groups is 4. The van der Waals surface area contributed by atoms with E-state index in [0.29, 0.717) is 44.3 Å². The van der Waals surface area contributed by atoms with Crippen LogP contribution in [0.5, 0.6) is 0 Å².